The first-order valence-corrected chi connectivity index (χ1v) is 9.12. The molecule has 0 saturated heterocycles. The van der Waals surface area contributed by atoms with Gasteiger partial charge in [-0.1, -0.05) is 29.8 Å². The molecule has 0 spiro atoms. The highest BCUT2D eigenvalue weighted by Crippen LogP contribution is 2.15. The van der Waals surface area contributed by atoms with E-state index < -0.39 is 11.8 Å². The van der Waals surface area contributed by atoms with Crippen molar-refractivity contribution in [2.24, 2.45) is 0 Å². The molecule has 0 bridgehead atoms. The minimum absolute atomic E-state index is 0.0412. The number of carbonyl (C=O) groups is 2. The first-order chi connectivity index (χ1) is 13.9. The Labute approximate surface area is 168 Å². The van der Waals surface area contributed by atoms with Crippen molar-refractivity contribution >= 4 is 17.9 Å². The van der Waals surface area contributed by atoms with E-state index in [1.807, 2.05) is 19.1 Å². The van der Waals surface area contributed by atoms with Gasteiger partial charge in [-0.15, -0.1) is 0 Å². The smallest absolute Gasteiger partial charge is 0.268 e. The monoisotopic (exact) mass is 392 g/mol. The van der Waals surface area contributed by atoms with Crippen LogP contribution in [0.15, 0.2) is 77.0 Å². The van der Waals surface area contributed by atoms with Gasteiger partial charge in [0.2, 0.25) is 0 Å². The second-order valence-corrected chi connectivity index (χ2v) is 6.64. The van der Waals surface area contributed by atoms with Crippen LogP contribution >= 0.6 is 0 Å². The standard InChI is InChI=1S/C23H21FN2O3/c1-15-5-7-18(8-6-15)22(27)26-21(14-20-4-3-13-29-20)23(28)25-16(2)17-9-11-19(24)12-10-17/h3-14,16H,1-2H3,(H,25,28)(H,26,27)/b21-14-/t16-/m1/s1. The summed E-state index contributed by atoms with van der Waals surface area (Å²) in [7, 11) is 0. The highest BCUT2D eigenvalue weighted by molar-refractivity contribution is 6.05. The van der Waals surface area contributed by atoms with Crippen LogP contribution in [0.1, 0.15) is 40.2 Å². The number of amides is 2. The second kappa shape index (κ2) is 9.01. The van der Waals surface area contributed by atoms with E-state index in [4.69, 9.17) is 4.42 Å². The van der Waals surface area contributed by atoms with Crippen molar-refractivity contribution < 1.29 is 18.4 Å². The number of carbonyl (C=O) groups excluding carboxylic acids is 2. The second-order valence-electron chi connectivity index (χ2n) is 6.64. The zero-order valence-corrected chi connectivity index (χ0v) is 16.1. The molecule has 2 N–H and O–H groups in total. The molecule has 0 radical (unpaired) electrons. The van der Waals surface area contributed by atoms with Gasteiger partial charge in [0.1, 0.15) is 17.3 Å². The van der Waals surface area contributed by atoms with Crippen LogP contribution in [0.3, 0.4) is 0 Å². The third kappa shape index (κ3) is 5.42. The van der Waals surface area contributed by atoms with E-state index in [2.05, 4.69) is 10.6 Å². The van der Waals surface area contributed by atoms with Crippen molar-refractivity contribution in [1.82, 2.24) is 10.6 Å². The summed E-state index contributed by atoms with van der Waals surface area (Å²) in [5.74, 6) is -0.823. The SMILES string of the molecule is Cc1ccc(C(=O)N/C(=C\c2ccco2)C(=O)N[C@H](C)c2ccc(F)cc2)cc1. The Morgan fingerprint density at radius 2 is 1.72 bits per heavy atom. The minimum atomic E-state index is -0.487. The number of halogens is 1. The summed E-state index contributed by atoms with van der Waals surface area (Å²) in [6.45, 7) is 3.70. The lowest BCUT2D eigenvalue weighted by Gasteiger charge is -2.16. The number of aryl methyl sites for hydroxylation is 1. The van der Waals surface area contributed by atoms with Crippen LogP contribution in [0, 0.1) is 12.7 Å². The van der Waals surface area contributed by atoms with E-state index in [9.17, 15) is 14.0 Å². The molecule has 5 nitrogen and oxygen atoms in total. The molecule has 1 atom stereocenters. The van der Waals surface area contributed by atoms with Crippen molar-refractivity contribution in [1.29, 1.82) is 0 Å². The summed E-state index contributed by atoms with van der Waals surface area (Å²) in [5, 5.41) is 5.45. The fourth-order valence-corrected chi connectivity index (χ4v) is 2.68. The predicted molar refractivity (Wildman–Crippen MR) is 108 cm³/mol. The van der Waals surface area contributed by atoms with E-state index in [-0.39, 0.29) is 17.6 Å². The lowest BCUT2D eigenvalue weighted by Crippen LogP contribution is -2.36. The lowest BCUT2D eigenvalue weighted by atomic mass is 10.1. The van der Waals surface area contributed by atoms with Gasteiger partial charge >= 0.3 is 0 Å². The van der Waals surface area contributed by atoms with Crippen molar-refractivity contribution in [3.8, 4) is 0 Å². The van der Waals surface area contributed by atoms with E-state index in [0.29, 0.717) is 11.3 Å². The molecule has 3 aromatic rings. The molecule has 1 heterocycles. The highest BCUT2D eigenvalue weighted by atomic mass is 19.1. The average molecular weight is 392 g/mol. The van der Waals surface area contributed by atoms with Gasteiger partial charge in [-0.05, 0) is 55.8 Å². The number of rotatable bonds is 6. The van der Waals surface area contributed by atoms with Crippen molar-refractivity contribution in [3.63, 3.8) is 0 Å². The molecule has 3 rings (SSSR count). The van der Waals surface area contributed by atoms with Gasteiger partial charge in [-0.25, -0.2) is 4.39 Å². The van der Waals surface area contributed by atoms with Gasteiger partial charge in [0.15, 0.2) is 0 Å². The Balaban J connectivity index is 1.79. The maximum atomic E-state index is 13.1. The van der Waals surface area contributed by atoms with Crippen LogP contribution in [0.4, 0.5) is 4.39 Å². The molecule has 0 aliphatic heterocycles. The Bertz CT molecular complexity index is 1010. The van der Waals surface area contributed by atoms with Gasteiger partial charge in [0.05, 0.1) is 12.3 Å². The molecule has 148 valence electrons. The third-order valence-corrected chi connectivity index (χ3v) is 4.35. The first-order valence-electron chi connectivity index (χ1n) is 9.12. The summed E-state index contributed by atoms with van der Waals surface area (Å²) in [6, 6.07) is 15.8. The Kier molecular flexibility index (Phi) is 6.24. The van der Waals surface area contributed by atoms with Gasteiger partial charge in [-0.2, -0.15) is 0 Å². The minimum Gasteiger partial charge on any atom is -0.465 e. The van der Waals surface area contributed by atoms with E-state index in [0.717, 1.165) is 11.1 Å². The number of hydrogen-bond donors (Lipinski definition) is 2. The summed E-state index contributed by atoms with van der Waals surface area (Å²) >= 11 is 0. The number of benzene rings is 2. The average Bonchev–Trinajstić information content (AvgIpc) is 3.21. The number of hydrogen-bond acceptors (Lipinski definition) is 3. The van der Waals surface area contributed by atoms with E-state index in [1.165, 1.54) is 24.5 Å². The molecule has 0 unspecified atom stereocenters. The molecule has 0 aliphatic rings. The van der Waals surface area contributed by atoms with Gasteiger partial charge in [-0.3, -0.25) is 9.59 Å². The van der Waals surface area contributed by atoms with Crippen LogP contribution in [-0.2, 0) is 4.79 Å². The van der Waals surface area contributed by atoms with Crippen LogP contribution < -0.4 is 10.6 Å². The maximum absolute atomic E-state index is 13.1. The molecular weight excluding hydrogens is 371 g/mol. The summed E-state index contributed by atoms with van der Waals surface area (Å²) in [6.07, 6.45) is 2.93. The molecule has 1 aromatic heterocycles. The first kappa shape index (κ1) is 20.1. The fourth-order valence-electron chi connectivity index (χ4n) is 2.68. The molecule has 2 amide bonds. The molecule has 0 fully saturated rings. The van der Waals surface area contributed by atoms with E-state index in [1.54, 1.807) is 43.3 Å². The highest BCUT2D eigenvalue weighted by Gasteiger charge is 2.18. The maximum Gasteiger partial charge on any atom is 0.268 e. The van der Waals surface area contributed by atoms with Crippen molar-refractivity contribution in [2.45, 2.75) is 19.9 Å². The molecule has 29 heavy (non-hydrogen) atoms. The predicted octanol–water partition coefficient (Wildman–Crippen LogP) is 4.38. The van der Waals surface area contributed by atoms with Crippen molar-refractivity contribution in [3.05, 3.63) is 101 Å². The molecular formula is C23H21FN2O3. The summed E-state index contributed by atoms with van der Waals surface area (Å²) in [4.78, 5) is 25.4. The van der Waals surface area contributed by atoms with Gasteiger partial charge < -0.3 is 15.1 Å². The normalized spacial score (nSPS) is 12.3. The van der Waals surface area contributed by atoms with Crippen molar-refractivity contribution in [2.75, 3.05) is 0 Å². The van der Waals surface area contributed by atoms with Crippen LogP contribution in [0.5, 0.6) is 0 Å². The topological polar surface area (TPSA) is 71.3 Å². The molecule has 2 aromatic carbocycles. The third-order valence-electron chi connectivity index (χ3n) is 4.35. The fraction of sp³-hybridized carbons (Fsp3) is 0.130. The lowest BCUT2D eigenvalue weighted by molar-refractivity contribution is -0.118. The van der Waals surface area contributed by atoms with Crippen LogP contribution in [-0.4, -0.2) is 11.8 Å². The zero-order chi connectivity index (χ0) is 20.8. The summed E-state index contributed by atoms with van der Waals surface area (Å²) in [5.41, 5.74) is 2.24. The Hall–Kier alpha value is -3.67. The zero-order valence-electron chi connectivity index (χ0n) is 16.1. The molecule has 0 saturated carbocycles. The molecule has 6 heteroatoms. The number of nitrogens with one attached hydrogen (secondary N) is 2. The quantitative estimate of drug-likeness (QED) is 0.612. The van der Waals surface area contributed by atoms with Gasteiger partial charge in [0, 0.05) is 11.6 Å². The van der Waals surface area contributed by atoms with Gasteiger partial charge in [0.25, 0.3) is 11.8 Å². The van der Waals surface area contributed by atoms with E-state index >= 15 is 0 Å². The Morgan fingerprint density at radius 3 is 2.34 bits per heavy atom. The van der Waals surface area contributed by atoms with Crippen LogP contribution in [0.2, 0.25) is 0 Å². The molecule has 0 aliphatic carbocycles. The van der Waals surface area contributed by atoms with Crippen LogP contribution in [0.25, 0.3) is 6.08 Å². The Morgan fingerprint density at radius 1 is 1.03 bits per heavy atom. The summed E-state index contributed by atoms with van der Waals surface area (Å²) < 4.78 is 18.4. The largest absolute Gasteiger partial charge is 0.465 e. The number of furan rings is 1.